The van der Waals surface area contributed by atoms with E-state index < -0.39 is 11.9 Å². The molecule has 2 aromatic rings. The van der Waals surface area contributed by atoms with Crippen LogP contribution in [0.1, 0.15) is 21.9 Å². The van der Waals surface area contributed by atoms with Crippen LogP contribution in [0, 0.1) is 0 Å². The molecule has 0 amide bonds. The number of rotatable bonds is 7. The third-order valence-corrected chi connectivity index (χ3v) is 3.24. The van der Waals surface area contributed by atoms with Crippen LogP contribution in [0.2, 0.25) is 0 Å². The molecule has 132 valence electrons. The fraction of sp³-hybridized carbons (Fsp3) is 0.222. The van der Waals surface area contributed by atoms with Gasteiger partial charge in [-0.1, -0.05) is 0 Å². The van der Waals surface area contributed by atoms with E-state index in [2.05, 4.69) is 4.74 Å². The Balaban J connectivity index is 1.95. The number of carbonyl (C=O) groups excluding carboxylic acids is 2. The molecule has 0 aliphatic rings. The van der Waals surface area contributed by atoms with E-state index in [1.165, 1.54) is 32.4 Å². The highest BCUT2D eigenvalue weighted by atomic mass is 16.5. The van der Waals surface area contributed by atoms with Gasteiger partial charge in [0.1, 0.15) is 23.9 Å². The Bertz CT molecular complexity index is 773. The first kappa shape index (κ1) is 18.1. The highest BCUT2D eigenvalue weighted by Gasteiger charge is 2.12. The van der Waals surface area contributed by atoms with E-state index in [0.29, 0.717) is 22.8 Å². The van der Waals surface area contributed by atoms with Crippen LogP contribution in [-0.4, -0.2) is 33.3 Å². The van der Waals surface area contributed by atoms with Crippen molar-refractivity contribution in [2.45, 2.75) is 6.61 Å². The van der Waals surface area contributed by atoms with Gasteiger partial charge in [0.15, 0.2) is 0 Å². The Morgan fingerprint density at radius 3 is 2.56 bits per heavy atom. The molecule has 7 heteroatoms. The summed E-state index contributed by atoms with van der Waals surface area (Å²) in [5.74, 6) is 0.446. The van der Waals surface area contributed by atoms with Gasteiger partial charge in [-0.25, -0.2) is 9.59 Å². The van der Waals surface area contributed by atoms with E-state index in [0.717, 1.165) is 0 Å². The fourth-order valence-corrected chi connectivity index (χ4v) is 1.97. The molecule has 0 aliphatic heterocycles. The van der Waals surface area contributed by atoms with Crippen LogP contribution in [0.5, 0.6) is 11.5 Å². The first-order valence-electron chi connectivity index (χ1n) is 7.31. The average molecular weight is 346 g/mol. The zero-order chi connectivity index (χ0) is 18.2. The molecule has 25 heavy (non-hydrogen) atoms. The number of benzene rings is 1. The van der Waals surface area contributed by atoms with E-state index in [9.17, 15) is 9.59 Å². The Morgan fingerprint density at radius 1 is 1.08 bits per heavy atom. The van der Waals surface area contributed by atoms with Crippen molar-refractivity contribution in [3.05, 3.63) is 53.5 Å². The molecule has 0 saturated heterocycles. The lowest BCUT2D eigenvalue weighted by molar-refractivity contribution is -0.139. The molecular formula is C18H18O7. The number of methoxy groups -OCH3 is 3. The number of carbonyl (C=O) groups is 2. The Kier molecular flexibility index (Phi) is 6.22. The molecule has 0 bridgehead atoms. The summed E-state index contributed by atoms with van der Waals surface area (Å²) in [4.78, 5) is 23.1. The average Bonchev–Trinajstić information content (AvgIpc) is 3.12. The maximum atomic E-state index is 11.8. The predicted molar refractivity (Wildman–Crippen MR) is 88.4 cm³/mol. The summed E-state index contributed by atoms with van der Waals surface area (Å²) in [5, 5.41) is 0. The fourth-order valence-electron chi connectivity index (χ4n) is 1.97. The van der Waals surface area contributed by atoms with Crippen molar-refractivity contribution in [1.29, 1.82) is 0 Å². The molecule has 2 rings (SSSR count). The maximum absolute atomic E-state index is 11.8. The molecule has 0 saturated carbocycles. The van der Waals surface area contributed by atoms with Crippen molar-refractivity contribution in [3.63, 3.8) is 0 Å². The van der Waals surface area contributed by atoms with Gasteiger partial charge in [0.05, 0.1) is 21.3 Å². The highest BCUT2D eigenvalue weighted by Crippen LogP contribution is 2.25. The van der Waals surface area contributed by atoms with Gasteiger partial charge in [-0.3, -0.25) is 0 Å². The standard InChI is InChI=1S/C18H18O7/c1-21-13-6-4-12(16(10-13)22-2)5-9-17(19)24-11-14-7-8-15(25-14)18(20)23-3/h4-10H,11H2,1-3H3/b9-5+. The molecule has 0 spiro atoms. The Morgan fingerprint density at radius 2 is 1.88 bits per heavy atom. The van der Waals surface area contributed by atoms with Gasteiger partial charge in [-0.2, -0.15) is 0 Å². The summed E-state index contributed by atoms with van der Waals surface area (Å²) in [6, 6.07) is 8.21. The van der Waals surface area contributed by atoms with Crippen molar-refractivity contribution in [1.82, 2.24) is 0 Å². The monoisotopic (exact) mass is 346 g/mol. The molecular weight excluding hydrogens is 328 g/mol. The van der Waals surface area contributed by atoms with Crippen LogP contribution in [0.25, 0.3) is 6.08 Å². The van der Waals surface area contributed by atoms with Crippen LogP contribution in [-0.2, 0) is 20.9 Å². The van der Waals surface area contributed by atoms with Gasteiger partial charge >= 0.3 is 11.9 Å². The lowest BCUT2D eigenvalue weighted by atomic mass is 10.2. The second kappa shape index (κ2) is 8.58. The minimum absolute atomic E-state index is 0.0482. The molecule has 1 heterocycles. The molecule has 0 N–H and O–H groups in total. The van der Waals surface area contributed by atoms with Gasteiger partial charge in [-0.05, 0) is 30.3 Å². The zero-order valence-corrected chi connectivity index (χ0v) is 14.1. The molecule has 7 nitrogen and oxygen atoms in total. The van der Waals surface area contributed by atoms with Crippen molar-refractivity contribution in [3.8, 4) is 11.5 Å². The molecule has 0 fully saturated rings. The molecule has 1 aromatic heterocycles. The van der Waals surface area contributed by atoms with Crippen molar-refractivity contribution < 1.29 is 33.0 Å². The minimum Gasteiger partial charge on any atom is -0.497 e. The van der Waals surface area contributed by atoms with Gasteiger partial charge in [-0.15, -0.1) is 0 Å². The van der Waals surface area contributed by atoms with Crippen LogP contribution < -0.4 is 9.47 Å². The van der Waals surface area contributed by atoms with Crippen LogP contribution in [0.15, 0.2) is 40.8 Å². The van der Waals surface area contributed by atoms with Crippen LogP contribution in [0.3, 0.4) is 0 Å². The quantitative estimate of drug-likeness (QED) is 0.563. The third-order valence-electron chi connectivity index (χ3n) is 3.24. The highest BCUT2D eigenvalue weighted by molar-refractivity contribution is 5.88. The lowest BCUT2D eigenvalue weighted by Gasteiger charge is -2.07. The number of esters is 2. The second-order valence-electron chi connectivity index (χ2n) is 4.81. The summed E-state index contributed by atoms with van der Waals surface area (Å²) >= 11 is 0. The summed E-state index contributed by atoms with van der Waals surface area (Å²) in [5.41, 5.74) is 0.700. The number of furan rings is 1. The molecule has 1 aromatic carbocycles. The zero-order valence-electron chi connectivity index (χ0n) is 14.1. The van der Waals surface area contributed by atoms with E-state index in [1.54, 1.807) is 31.4 Å². The summed E-state index contributed by atoms with van der Waals surface area (Å²) < 4.78 is 25.1. The van der Waals surface area contributed by atoms with E-state index in [4.69, 9.17) is 18.6 Å². The number of hydrogen-bond donors (Lipinski definition) is 0. The van der Waals surface area contributed by atoms with Crippen LogP contribution in [0.4, 0.5) is 0 Å². The first-order valence-corrected chi connectivity index (χ1v) is 7.31. The van der Waals surface area contributed by atoms with Gasteiger partial charge in [0.2, 0.25) is 5.76 Å². The maximum Gasteiger partial charge on any atom is 0.373 e. The number of hydrogen-bond acceptors (Lipinski definition) is 7. The number of ether oxygens (including phenoxy) is 4. The molecule has 0 aliphatic carbocycles. The van der Waals surface area contributed by atoms with Crippen molar-refractivity contribution in [2.75, 3.05) is 21.3 Å². The van der Waals surface area contributed by atoms with Gasteiger partial charge in [0.25, 0.3) is 0 Å². The van der Waals surface area contributed by atoms with Crippen molar-refractivity contribution in [2.24, 2.45) is 0 Å². The molecule has 0 atom stereocenters. The van der Waals surface area contributed by atoms with Gasteiger partial charge < -0.3 is 23.4 Å². The largest absolute Gasteiger partial charge is 0.497 e. The van der Waals surface area contributed by atoms with Gasteiger partial charge in [0, 0.05) is 17.7 Å². The van der Waals surface area contributed by atoms with E-state index in [-0.39, 0.29) is 12.4 Å². The predicted octanol–water partition coefficient (Wildman–Crippen LogP) is 2.84. The summed E-state index contributed by atoms with van der Waals surface area (Å²) in [6.07, 6.45) is 2.84. The lowest BCUT2D eigenvalue weighted by Crippen LogP contribution is -2.01. The van der Waals surface area contributed by atoms with Crippen LogP contribution >= 0.6 is 0 Å². The SMILES string of the molecule is COC(=O)c1ccc(COC(=O)/C=C/c2ccc(OC)cc2OC)o1. The summed E-state index contributed by atoms with van der Waals surface area (Å²) in [6.45, 7) is -0.0973. The smallest absolute Gasteiger partial charge is 0.373 e. The van der Waals surface area contributed by atoms with E-state index in [1.807, 2.05) is 0 Å². The summed E-state index contributed by atoms with van der Waals surface area (Å²) in [7, 11) is 4.34. The second-order valence-corrected chi connectivity index (χ2v) is 4.81. The normalized spacial score (nSPS) is 10.5. The topological polar surface area (TPSA) is 84.2 Å². The van der Waals surface area contributed by atoms with Crippen molar-refractivity contribution >= 4 is 18.0 Å². The van der Waals surface area contributed by atoms with E-state index >= 15 is 0 Å². The molecule has 0 unspecified atom stereocenters. The third kappa shape index (κ3) is 4.87. The Hall–Kier alpha value is -3.22. The molecule has 0 radical (unpaired) electrons. The minimum atomic E-state index is -0.593. The first-order chi connectivity index (χ1) is 12.1. The Labute approximate surface area is 144 Å².